The topological polar surface area (TPSA) is 38.8 Å². The summed E-state index contributed by atoms with van der Waals surface area (Å²) in [4.78, 5) is 14.3. The summed E-state index contributed by atoms with van der Waals surface area (Å²) < 4.78 is 10.1. The third-order valence-corrected chi connectivity index (χ3v) is 3.47. The van der Waals surface area contributed by atoms with E-state index in [4.69, 9.17) is 9.47 Å². The predicted molar refractivity (Wildman–Crippen MR) is 81.5 cm³/mol. The summed E-state index contributed by atoms with van der Waals surface area (Å²) in [5.41, 5.74) is 1.89. The number of ether oxygens (including phenoxy) is 2. The van der Waals surface area contributed by atoms with E-state index in [-0.39, 0.29) is 18.6 Å². The monoisotopic (exact) mass is 287 g/mol. The number of rotatable bonds is 7. The normalized spacial score (nSPS) is 20.2. The lowest BCUT2D eigenvalue weighted by Crippen LogP contribution is -2.24. The Morgan fingerprint density at radius 3 is 2.81 bits per heavy atom. The molecular formula is C17H21NO3. The third-order valence-electron chi connectivity index (χ3n) is 3.47. The quantitative estimate of drug-likeness (QED) is 0.334. The molecule has 21 heavy (non-hydrogen) atoms. The van der Waals surface area contributed by atoms with Gasteiger partial charge < -0.3 is 14.4 Å². The molecule has 1 unspecified atom stereocenters. The Hall–Kier alpha value is -1.91. The van der Waals surface area contributed by atoms with Crippen LogP contribution in [0.15, 0.2) is 54.6 Å². The number of nitrogens with zero attached hydrogens (tertiary/aromatic N) is 1. The molecule has 1 atom stereocenters. The van der Waals surface area contributed by atoms with Gasteiger partial charge >= 0.3 is 0 Å². The Morgan fingerprint density at radius 1 is 1.38 bits per heavy atom. The van der Waals surface area contributed by atoms with Crippen LogP contribution in [0, 0.1) is 5.92 Å². The van der Waals surface area contributed by atoms with Crippen molar-refractivity contribution < 1.29 is 14.3 Å². The van der Waals surface area contributed by atoms with Crippen molar-refractivity contribution in [1.29, 1.82) is 0 Å². The molecule has 4 heteroatoms. The van der Waals surface area contributed by atoms with Crippen LogP contribution in [0.25, 0.3) is 0 Å². The molecule has 0 radical (unpaired) electrons. The van der Waals surface area contributed by atoms with Gasteiger partial charge in [0.25, 0.3) is 5.91 Å². The van der Waals surface area contributed by atoms with Gasteiger partial charge in [-0.3, -0.25) is 4.79 Å². The van der Waals surface area contributed by atoms with Gasteiger partial charge in [0.2, 0.25) is 0 Å². The molecule has 0 N–H and O–H groups in total. The van der Waals surface area contributed by atoms with Crippen molar-refractivity contribution in [2.75, 3.05) is 27.1 Å². The Bertz CT molecular complexity index is 510. The van der Waals surface area contributed by atoms with E-state index in [1.54, 1.807) is 7.11 Å². The van der Waals surface area contributed by atoms with Crippen LogP contribution >= 0.6 is 0 Å². The van der Waals surface area contributed by atoms with Crippen molar-refractivity contribution in [2.24, 2.45) is 5.92 Å². The van der Waals surface area contributed by atoms with Crippen LogP contribution in [-0.4, -0.2) is 37.9 Å². The summed E-state index contributed by atoms with van der Waals surface area (Å²) in [5.74, 6) is 0.122. The van der Waals surface area contributed by atoms with Gasteiger partial charge in [0, 0.05) is 31.7 Å². The van der Waals surface area contributed by atoms with Crippen molar-refractivity contribution >= 4 is 5.91 Å². The minimum Gasteiger partial charge on any atom is -0.359 e. The van der Waals surface area contributed by atoms with Gasteiger partial charge in [-0.2, -0.15) is 0 Å². The maximum absolute atomic E-state index is 12.5. The molecule has 0 aliphatic carbocycles. The zero-order chi connectivity index (χ0) is 15.1. The average molecular weight is 287 g/mol. The molecule has 0 bridgehead atoms. The Morgan fingerprint density at radius 2 is 2.14 bits per heavy atom. The molecule has 1 aliphatic heterocycles. The summed E-state index contributed by atoms with van der Waals surface area (Å²) in [5, 5.41) is 0. The van der Waals surface area contributed by atoms with Crippen LogP contribution < -0.4 is 0 Å². The number of hydrogen-bond donors (Lipinski definition) is 0. The average Bonchev–Trinajstić information content (AvgIpc) is 2.81. The maximum atomic E-state index is 12.5. The van der Waals surface area contributed by atoms with Gasteiger partial charge in [0.15, 0.2) is 0 Å². The van der Waals surface area contributed by atoms with E-state index < -0.39 is 0 Å². The second-order valence-corrected chi connectivity index (χ2v) is 4.95. The number of hydrogen-bond acceptors (Lipinski definition) is 3. The molecule has 1 amide bonds. The van der Waals surface area contributed by atoms with Crippen molar-refractivity contribution in [3.63, 3.8) is 0 Å². The highest BCUT2D eigenvalue weighted by molar-refractivity contribution is 5.96. The van der Waals surface area contributed by atoms with Crippen LogP contribution in [0.1, 0.15) is 5.56 Å². The van der Waals surface area contributed by atoms with E-state index in [2.05, 4.69) is 6.58 Å². The highest BCUT2D eigenvalue weighted by atomic mass is 16.7. The molecular weight excluding hydrogens is 266 g/mol. The number of likely N-dealkylation sites (tertiary alicyclic amines) is 1. The molecule has 4 nitrogen and oxygen atoms in total. The molecule has 1 saturated heterocycles. The lowest BCUT2D eigenvalue weighted by atomic mass is 10.0. The highest BCUT2D eigenvalue weighted by Gasteiger charge is 2.32. The Labute approximate surface area is 125 Å². The molecule has 1 fully saturated rings. The molecule has 1 aromatic rings. The minimum atomic E-state index is 0.0600. The van der Waals surface area contributed by atoms with Gasteiger partial charge in [-0.1, -0.05) is 36.4 Å². The summed E-state index contributed by atoms with van der Waals surface area (Å²) in [7, 11) is 1.57. The van der Waals surface area contributed by atoms with Gasteiger partial charge in [0.05, 0.1) is 6.61 Å². The molecule has 1 aromatic carbocycles. The number of amides is 1. The lowest BCUT2D eigenvalue weighted by Gasteiger charge is -2.15. The summed E-state index contributed by atoms with van der Waals surface area (Å²) in [6, 6.07) is 9.99. The van der Waals surface area contributed by atoms with E-state index in [0.717, 1.165) is 11.1 Å². The molecule has 1 aliphatic rings. The fourth-order valence-corrected chi connectivity index (χ4v) is 2.42. The van der Waals surface area contributed by atoms with Crippen LogP contribution in [0.4, 0.5) is 0 Å². The first kappa shape index (κ1) is 15.5. The van der Waals surface area contributed by atoms with Gasteiger partial charge in [-0.25, -0.2) is 0 Å². The zero-order valence-corrected chi connectivity index (χ0v) is 12.3. The van der Waals surface area contributed by atoms with Gasteiger partial charge in [-0.15, -0.1) is 6.58 Å². The molecule has 1 heterocycles. The van der Waals surface area contributed by atoms with Crippen molar-refractivity contribution in [1.82, 2.24) is 4.90 Å². The number of benzene rings is 1. The van der Waals surface area contributed by atoms with E-state index in [0.29, 0.717) is 19.7 Å². The van der Waals surface area contributed by atoms with E-state index in [1.165, 1.54) is 0 Å². The lowest BCUT2D eigenvalue weighted by molar-refractivity contribution is -0.125. The number of carbonyl (C=O) groups excluding carboxylic acids is 1. The van der Waals surface area contributed by atoms with Gasteiger partial charge in [-0.05, 0) is 11.6 Å². The second kappa shape index (κ2) is 7.76. The maximum Gasteiger partial charge on any atom is 0.250 e. The SMILES string of the molecule is C=CC1CN(Cc2ccccc2)C(=O)/C1=C\COCOC. The first-order valence-electron chi connectivity index (χ1n) is 6.98. The number of methoxy groups -OCH3 is 1. The van der Waals surface area contributed by atoms with Crippen LogP contribution in [0.5, 0.6) is 0 Å². The predicted octanol–water partition coefficient (Wildman–Crippen LogP) is 2.38. The molecule has 0 saturated carbocycles. The standard InChI is InChI=1S/C17H21NO3/c1-3-15-12-18(11-14-7-5-4-6-8-14)17(19)16(15)9-10-21-13-20-2/h3-9,15H,1,10-13H2,2H3/b16-9-. The summed E-state index contributed by atoms with van der Waals surface area (Å²) >= 11 is 0. The first-order valence-corrected chi connectivity index (χ1v) is 6.98. The third kappa shape index (κ3) is 4.03. The molecule has 0 spiro atoms. The molecule has 0 aromatic heterocycles. The summed E-state index contributed by atoms with van der Waals surface area (Å²) in [6.45, 7) is 5.73. The van der Waals surface area contributed by atoms with E-state index >= 15 is 0 Å². The van der Waals surface area contributed by atoms with E-state index in [9.17, 15) is 4.79 Å². The van der Waals surface area contributed by atoms with Crippen molar-refractivity contribution in [3.05, 3.63) is 60.2 Å². The second-order valence-electron chi connectivity index (χ2n) is 4.95. The molecule has 112 valence electrons. The largest absolute Gasteiger partial charge is 0.359 e. The van der Waals surface area contributed by atoms with Crippen LogP contribution in [0.3, 0.4) is 0 Å². The Balaban J connectivity index is 2.02. The van der Waals surface area contributed by atoms with Crippen LogP contribution in [0.2, 0.25) is 0 Å². The fraction of sp³-hybridized carbons (Fsp3) is 0.353. The Kier molecular flexibility index (Phi) is 5.72. The van der Waals surface area contributed by atoms with E-state index in [1.807, 2.05) is 47.4 Å². The van der Waals surface area contributed by atoms with Crippen molar-refractivity contribution in [3.8, 4) is 0 Å². The fourth-order valence-electron chi connectivity index (χ4n) is 2.42. The first-order chi connectivity index (χ1) is 10.3. The highest BCUT2D eigenvalue weighted by Crippen LogP contribution is 2.26. The smallest absolute Gasteiger partial charge is 0.250 e. The van der Waals surface area contributed by atoms with Crippen LogP contribution in [-0.2, 0) is 20.8 Å². The van der Waals surface area contributed by atoms with Gasteiger partial charge in [0.1, 0.15) is 6.79 Å². The zero-order valence-electron chi connectivity index (χ0n) is 12.3. The minimum absolute atomic E-state index is 0.0600. The summed E-state index contributed by atoms with van der Waals surface area (Å²) in [6.07, 6.45) is 3.66. The van der Waals surface area contributed by atoms with Crippen molar-refractivity contribution in [2.45, 2.75) is 6.54 Å². The molecule has 2 rings (SSSR count). The number of carbonyl (C=O) groups is 1.